The SMILES string of the molecule is COc1ccc(C(OC[C@H]2O[C@@H](n3cnc4c(=O)[nH]c(N)nc43)[C@@H]3O[P+]([S-])(S)O[C@@H]32)(c2ccccc2)c2ccc(OC)cc2)cc1. The summed E-state index contributed by atoms with van der Waals surface area (Å²) in [6.07, 6.45) is -4.23. The van der Waals surface area contributed by atoms with E-state index in [1.165, 1.54) is 6.33 Å². The van der Waals surface area contributed by atoms with Gasteiger partial charge in [0.15, 0.2) is 29.6 Å². The second-order valence-corrected chi connectivity index (χ2v) is 16.0. The van der Waals surface area contributed by atoms with Crippen molar-refractivity contribution in [3.63, 3.8) is 0 Å². The van der Waals surface area contributed by atoms with Gasteiger partial charge in [-0.2, -0.15) is 4.98 Å². The molecule has 0 amide bonds. The van der Waals surface area contributed by atoms with Crippen LogP contribution in [0.3, 0.4) is 0 Å². The number of ether oxygens (including phenoxy) is 4. The lowest BCUT2D eigenvalue weighted by molar-refractivity contribution is -0.0947. The van der Waals surface area contributed by atoms with E-state index in [0.29, 0.717) is 11.5 Å². The summed E-state index contributed by atoms with van der Waals surface area (Å²) in [6, 6.07) is 25.4. The van der Waals surface area contributed by atoms with Gasteiger partial charge >= 0.3 is 0 Å². The number of methoxy groups -OCH3 is 2. The Hall–Kier alpha value is -3.62. The lowest BCUT2D eigenvalue weighted by atomic mass is 9.80. The van der Waals surface area contributed by atoms with E-state index >= 15 is 0 Å². The Morgan fingerprint density at radius 1 is 0.957 bits per heavy atom. The average molecular weight is 680 g/mol. The van der Waals surface area contributed by atoms with Crippen LogP contribution >= 0.6 is 18.4 Å². The number of fused-ring (bicyclic) bond motifs is 2. The van der Waals surface area contributed by atoms with Crippen LogP contribution in [0.5, 0.6) is 11.5 Å². The fraction of sp³-hybridized carbons (Fsp3) is 0.258. The molecule has 0 aliphatic carbocycles. The molecular weight excluding hydrogens is 649 g/mol. The maximum atomic E-state index is 12.5. The number of nitrogens with two attached hydrogens (primary N) is 1. The minimum absolute atomic E-state index is 0.0526. The van der Waals surface area contributed by atoms with Crippen molar-refractivity contribution in [2.45, 2.75) is 30.1 Å². The van der Waals surface area contributed by atoms with E-state index in [2.05, 4.69) is 27.2 Å². The van der Waals surface area contributed by atoms with Crippen LogP contribution in [0.4, 0.5) is 5.95 Å². The predicted octanol–water partition coefficient (Wildman–Crippen LogP) is 4.56. The Balaban J connectivity index is 1.31. The van der Waals surface area contributed by atoms with E-state index in [0.717, 1.165) is 16.7 Å². The second kappa shape index (κ2) is 12.2. The van der Waals surface area contributed by atoms with Gasteiger partial charge in [-0.3, -0.25) is 14.3 Å². The topological polar surface area (TPSA) is 145 Å². The Labute approximate surface area is 275 Å². The third kappa shape index (κ3) is 5.43. The molecule has 4 heterocycles. The largest absolute Gasteiger partial charge is 0.497 e. The summed E-state index contributed by atoms with van der Waals surface area (Å²) < 4.78 is 38.5. The average Bonchev–Trinajstić information content (AvgIpc) is 3.73. The summed E-state index contributed by atoms with van der Waals surface area (Å²) in [5.41, 5.74) is 7.26. The zero-order valence-electron chi connectivity index (χ0n) is 24.7. The summed E-state index contributed by atoms with van der Waals surface area (Å²) in [5.74, 6) is 1.37. The number of nitrogens with zero attached hydrogens (tertiary/aromatic N) is 3. The number of anilines is 1. The van der Waals surface area contributed by atoms with Crippen molar-refractivity contribution in [3.8, 4) is 11.5 Å². The molecule has 2 aliphatic heterocycles. The van der Waals surface area contributed by atoms with Crippen LogP contribution in [0.1, 0.15) is 22.9 Å². The second-order valence-electron chi connectivity index (χ2n) is 10.8. The highest BCUT2D eigenvalue weighted by atomic mass is 33.1. The molecule has 46 heavy (non-hydrogen) atoms. The number of thiol groups is 1. The zero-order valence-corrected chi connectivity index (χ0v) is 27.3. The maximum absolute atomic E-state index is 12.5. The summed E-state index contributed by atoms with van der Waals surface area (Å²) in [6.45, 7) is 0.0554. The van der Waals surface area contributed by atoms with Gasteiger partial charge in [-0.25, -0.2) is 14.0 Å². The van der Waals surface area contributed by atoms with E-state index < -0.39 is 41.8 Å². The van der Waals surface area contributed by atoms with Crippen molar-refractivity contribution in [1.29, 1.82) is 0 Å². The first-order valence-electron chi connectivity index (χ1n) is 14.3. The Morgan fingerprint density at radius 3 is 2.15 bits per heavy atom. The van der Waals surface area contributed by atoms with Crippen LogP contribution in [-0.4, -0.2) is 58.7 Å². The Bertz CT molecular complexity index is 1860. The fourth-order valence-corrected chi connectivity index (χ4v) is 8.44. The molecule has 5 aromatic rings. The van der Waals surface area contributed by atoms with E-state index in [1.54, 1.807) is 18.8 Å². The van der Waals surface area contributed by atoms with E-state index in [4.69, 9.17) is 46.0 Å². The number of hydrogen-bond acceptors (Lipinski definition) is 12. The first kappa shape index (κ1) is 31.0. The summed E-state index contributed by atoms with van der Waals surface area (Å²) in [4.78, 5) is 23.5. The summed E-state index contributed by atoms with van der Waals surface area (Å²) in [7, 11) is 3.25. The van der Waals surface area contributed by atoms with Gasteiger partial charge in [-0.1, -0.05) is 54.6 Å². The molecule has 2 fully saturated rings. The molecule has 1 unspecified atom stereocenters. The van der Waals surface area contributed by atoms with Crippen LogP contribution in [0, 0.1) is 0 Å². The summed E-state index contributed by atoms with van der Waals surface area (Å²) >= 11 is 10.1. The van der Waals surface area contributed by atoms with Crippen molar-refractivity contribution in [3.05, 3.63) is 112 Å². The lowest BCUT2D eigenvalue weighted by Crippen LogP contribution is -2.39. The zero-order chi connectivity index (χ0) is 32.1. The third-order valence-electron chi connectivity index (χ3n) is 8.16. The van der Waals surface area contributed by atoms with Gasteiger partial charge in [0.25, 0.3) is 5.56 Å². The van der Waals surface area contributed by atoms with Gasteiger partial charge in [0, 0.05) is 12.2 Å². The van der Waals surface area contributed by atoms with Gasteiger partial charge in [-0.05, 0) is 41.0 Å². The number of rotatable bonds is 9. The number of aromatic amines is 1. The molecule has 0 spiro atoms. The predicted molar refractivity (Wildman–Crippen MR) is 178 cm³/mol. The van der Waals surface area contributed by atoms with Gasteiger partial charge in [-0.15, -0.1) is 0 Å². The van der Waals surface area contributed by atoms with Crippen molar-refractivity contribution < 1.29 is 28.0 Å². The quantitative estimate of drug-likeness (QED) is 0.0873. The molecule has 15 heteroatoms. The fourth-order valence-electron chi connectivity index (χ4n) is 6.05. The molecular formula is C31H30N5O7PS2. The van der Waals surface area contributed by atoms with Crippen LogP contribution < -0.4 is 20.8 Å². The van der Waals surface area contributed by atoms with Gasteiger partial charge in [0.05, 0.1) is 27.2 Å². The molecule has 0 radical (unpaired) electrons. The van der Waals surface area contributed by atoms with Gasteiger partial charge < -0.3 is 36.9 Å². The molecule has 3 aromatic carbocycles. The third-order valence-corrected chi connectivity index (χ3v) is 10.3. The molecule has 5 atom stereocenters. The number of nitrogens with one attached hydrogen (secondary N) is 1. The smallest absolute Gasteiger partial charge is 0.280 e. The van der Waals surface area contributed by atoms with Crippen LogP contribution in [-0.2, 0) is 36.4 Å². The van der Waals surface area contributed by atoms with Gasteiger partial charge in [0.2, 0.25) is 12.1 Å². The maximum Gasteiger partial charge on any atom is 0.280 e. The van der Waals surface area contributed by atoms with Crippen molar-refractivity contribution in [2.75, 3.05) is 26.6 Å². The number of hydrogen-bond donors (Lipinski definition) is 3. The molecule has 2 aliphatic rings. The highest BCUT2D eigenvalue weighted by Gasteiger charge is 2.60. The molecule has 12 nitrogen and oxygen atoms in total. The Kier molecular flexibility index (Phi) is 8.22. The first-order valence-corrected chi connectivity index (χ1v) is 18.1. The van der Waals surface area contributed by atoms with Crippen molar-refractivity contribution >= 4 is 47.7 Å². The van der Waals surface area contributed by atoms with E-state index in [-0.39, 0.29) is 23.7 Å². The van der Waals surface area contributed by atoms with Crippen LogP contribution in [0.25, 0.3) is 11.2 Å². The highest BCUT2D eigenvalue weighted by molar-refractivity contribution is 8.76. The van der Waals surface area contributed by atoms with Gasteiger partial charge in [0.1, 0.15) is 23.2 Å². The minimum Gasteiger partial charge on any atom is -0.497 e. The standard InChI is InChI=1S/C31H30N5O7PS2/c1-38-21-12-8-19(9-13-21)31(18-6-4-3-5-7-18,20-10-14-22(39-2)15-11-20)40-16-23-25-26(43-44(45,46)42-25)29(41-23)36-17-33-24-27(36)34-30(32)35-28(24)37/h3-15,17,23,25-26,29H,16H2,1-2H3,(H,45,46)(H3,32,34,35,37)/t23-,25-,26-,29-/m1/s1. The molecule has 2 saturated heterocycles. The monoisotopic (exact) mass is 679 g/mol. The molecule has 2 aromatic heterocycles. The van der Waals surface area contributed by atoms with Crippen LogP contribution in [0.15, 0.2) is 90.0 Å². The number of imidazole rings is 1. The van der Waals surface area contributed by atoms with Crippen LogP contribution in [0.2, 0.25) is 0 Å². The molecule has 0 saturated carbocycles. The molecule has 3 N–H and O–H groups in total. The molecule has 238 valence electrons. The number of aromatic nitrogens is 4. The number of nitrogen functional groups attached to an aromatic ring is 1. The highest BCUT2D eigenvalue weighted by Crippen LogP contribution is 2.72. The van der Waals surface area contributed by atoms with E-state index in [1.807, 2.05) is 78.9 Å². The Morgan fingerprint density at radius 2 is 1.54 bits per heavy atom. The number of H-pyrrole nitrogens is 1. The van der Waals surface area contributed by atoms with Crippen molar-refractivity contribution in [1.82, 2.24) is 19.5 Å². The first-order chi connectivity index (χ1) is 22.2. The minimum atomic E-state index is -2.92. The van der Waals surface area contributed by atoms with Crippen molar-refractivity contribution in [2.24, 2.45) is 0 Å². The molecule has 7 rings (SSSR count). The normalized spacial score (nSPS) is 24.3. The molecule has 0 bridgehead atoms. The number of benzene rings is 3. The van der Waals surface area contributed by atoms with E-state index in [9.17, 15) is 4.79 Å². The lowest BCUT2D eigenvalue weighted by Gasteiger charge is -2.37. The summed E-state index contributed by atoms with van der Waals surface area (Å²) in [5, 5.41) is 0.